The normalized spacial score (nSPS) is 10.1. The zero-order valence-electron chi connectivity index (χ0n) is 28.8. The quantitative estimate of drug-likeness (QED) is 0.166. The van der Waals surface area contributed by atoms with Crippen LogP contribution in [-0.2, 0) is 23.3 Å². The van der Waals surface area contributed by atoms with Crippen molar-refractivity contribution in [3.05, 3.63) is 187 Å². The molecule has 3 aromatic carbocycles. The Morgan fingerprint density at radius 2 is 1.08 bits per heavy atom. The summed E-state index contributed by atoms with van der Waals surface area (Å²) in [7, 11) is 0. The van der Waals surface area contributed by atoms with E-state index in [1.807, 2.05) is 60.7 Å². The predicted octanol–water partition coefficient (Wildman–Crippen LogP) is 10.4. The van der Waals surface area contributed by atoms with E-state index >= 15 is 0 Å². The minimum Gasteiger partial charge on any atom is -0.670 e. The molecule has 4 aromatic heterocycles. The molecule has 0 saturated carbocycles. The molecule has 0 bridgehead atoms. The average Bonchev–Trinajstić information content (AvgIpc) is 3.91. The van der Waals surface area contributed by atoms with Gasteiger partial charge in [-0.05, 0) is 24.3 Å². The summed E-state index contributed by atoms with van der Waals surface area (Å²) in [5.74, 6) is 0. The number of pyridine rings is 2. The Kier molecular flexibility index (Phi) is 14.7. The Hall–Kier alpha value is -5.12. The minimum absolute atomic E-state index is 0.0532. The van der Waals surface area contributed by atoms with Crippen molar-refractivity contribution in [2.45, 2.75) is 40.0 Å². The standard InChI is InChI=1S/C15H15N.C10H8N2.C10H12.2C4H4N.Mo/c1-10-8-11(2)15(12(3)9-10)13-6-4-5-7-14(13)16;1-3-7-11-9(5-1)10-6-2-4-8-12-10;1-10(2,3)9-7-5-4-6-8-9;2*1-2-4-5-3-1;/h4-9H,1-3H3;1-8H;1,4-8H,2-3H3;2*1-4H;/q;;;2*-1;+2. The van der Waals surface area contributed by atoms with E-state index in [0.29, 0.717) is 0 Å². The second-order valence-electron chi connectivity index (χ2n) is 11.8. The first-order valence-corrected chi connectivity index (χ1v) is 18.2. The molecule has 0 aliphatic carbocycles. The van der Waals surface area contributed by atoms with Crippen LogP contribution in [0.1, 0.15) is 36.1 Å². The summed E-state index contributed by atoms with van der Waals surface area (Å²) in [6.45, 7) is 11.1. The van der Waals surface area contributed by atoms with Crippen LogP contribution < -0.4 is 9.97 Å². The van der Waals surface area contributed by atoms with Crippen LogP contribution >= 0.6 is 0 Å². The van der Waals surface area contributed by atoms with Crippen LogP contribution in [0.15, 0.2) is 168 Å². The molecule has 0 aliphatic rings. The molecular formula is C43H43MoN5. The molecule has 6 heteroatoms. The zero-order valence-corrected chi connectivity index (χ0v) is 30.8. The molecule has 0 spiro atoms. The number of aromatic nitrogens is 4. The number of benzene rings is 3. The van der Waals surface area contributed by atoms with Gasteiger partial charge in [-0.25, -0.2) is 0 Å². The summed E-state index contributed by atoms with van der Waals surface area (Å²) in [4.78, 5) is 15.8. The summed E-state index contributed by atoms with van der Waals surface area (Å²) < 4.78 is 7.50. The average molecular weight is 726 g/mol. The Labute approximate surface area is 299 Å². The third kappa shape index (κ3) is 12.1. The number of rotatable bonds is 5. The van der Waals surface area contributed by atoms with Gasteiger partial charge in [0.1, 0.15) is 0 Å². The van der Waals surface area contributed by atoms with Crippen LogP contribution in [0.2, 0.25) is 0 Å². The predicted molar refractivity (Wildman–Crippen MR) is 201 cm³/mol. The van der Waals surface area contributed by atoms with Gasteiger partial charge in [-0.3, -0.25) is 9.97 Å². The van der Waals surface area contributed by atoms with Crippen molar-refractivity contribution in [1.82, 2.24) is 19.9 Å². The fraction of sp³-hybridized carbons (Fsp3) is 0.140. The van der Waals surface area contributed by atoms with E-state index in [1.54, 1.807) is 37.2 Å². The second-order valence-corrected chi connectivity index (χ2v) is 13.3. The van der Waals surface area contributed by atoms with Gasteiger partial charge in [-0.1, -0.05) is 36.4 Å². The number of hydrogen-bond acceptors (Lipinski definition) is 3. The van der Waals surface area contributed by atoms with Crippen molar-refractivity contribution in [1.29, 1.82) is 0 Å². The topological polar surface area (TPSA) is 66.3 Å². The molecule has 5 nitrogen and oxygen atoms in total. The van der Waals surface area contributed by atoms with Crippen LogP contribution in [-0.4, -0.2) is 14.4 Å². The monoisotopic (exact) mass is 727 g/mol. The van der Waals surface area contributed by atoms with Gasteiger partial charge in [-0.2, -0.15) is 24.8 Å². The summed E-state index contributed by atoms with van der Waals surface area (Å²) in [5.41, 5.74) is 10.9. The van der Waals surface area contributed by atoms with Crippen LogP contribution in [0, 0.1) is 20.8 Å². The largest absolute Gasteiger partial charge is 0.670 e. The second kappa shape index (κ2) is 19.6. The Bertz CT molecular complexity index is 1860. The van der Waals surface area contributed by atoms with Gasteiger partial charge in [0.15, 0.2) is 0 Å². The van der Waals surface area contributed by atoms with Crippen LogP contribution in [0.5, 0.6) is 0 Å². The first kappa shape index (κ1) is 36.7. The maximum atomic E-state index is 5.07. The van der Waals surface area contributed by atoms with Gasteiger partial charge in [0.05, 0.1) is 11.4 Å². The Morgan fingerprint density at radius 3 is 1.55 bits per heavy atom. The van der Waals surface area contributed by atoms with Gasteiger partial charge >= 0.3 is 172 Å². The van der Waals surface area contributed by atoms with E-state index in [9.17, 15) is 0 Å². The van der Waals surface area contributed by atoms with Crippen molar-refractivity contribution < 1.29 is 17.9 Å². The van der Waals surface area contributed by atoms with Crippen molar-refractivity contribution in [2.24, 2.45) is 3.50 Å². The van der Waals surface area contributed by atoms with E-state index in [2.05, 4.69) is 126 Å². The van der Waals surface area contributed by atoms with E-state index in [4.69, 9.17) is 3.50 Å². The molecular weight excluding hydrogens is 682 g/mol. The molecule has 246 valence electrons. The summed E-state index contributed by atoms with van der Waals surface area (Å²) in [5, 5.41) is 0. The molecule has 0 N–H and O–H groups in total. The molecule has 0 saturated heterocycles. The van der Waals surface area contributed by atoms with E-state index in [1.165, 1.54) is 33.4 Å². The molecule has 49 heavy (non-hydrogen) atoms. The van der Waals surface area contributed by atoms with Crippen molar-refractivity contribution >= 4 is 10.1 Å². The molecule has 0 amide bonds. The number of aryl methyl sites for hydroxylation is 3. The maximum absolute atomic E-state index is 5.07. The third-order valence-electron chi connectivity index (χ3n) is 7.37. The maximum Gasteiger partial charge on any atom is 0.0886 e. The number of hydrogen-bond donors (Lipinski definition) is 0. The van der Waals surface area contributed by atoms with E-state index in [-0.39, 0.29) is 5.41 Å². The van der Waals surface area contributed by atoms with Gasteiger partial charge in [-0.15, -0.1) is 0 Å². The van der Waals surface area contributed by atoms with Crippen molar-refractivity contribution in [3.8, 4) is 22.5 Å². The van der Waals surface area contributed by atoms with Crippen LogP contribution in [0.4, 0.5) is 5.69 Å². The van der Waals surface area contributed by atoms with Crippen LogP contribution in [0.3, 0.4) is 0 Å². The van der Waals surface area contributed by atoms with Gasteiger partial charge in [0.25, 0.3) is 0 Å². The molecule has 0 atom stereocenters. The molecule has 0 aliphatic heterocycles. The molecule has 7 aromatic rings. The Balaban J connectivity index is 0.000000197. The van der Waals surface area contributed by atoms with Gasteiger partial charge < -0.3 is 9.97 Å². The zero-order chi connectivity index (χ0) is 34.7. The number of nitrogens with zero attached hydrogens (tertiary/aromatic N) is 5. The first-order valence-electron chi connectivity index (χ1n) is 16.1. The smallest absolute Gasteiger partial charge is 0.0886 e. The molecule has 0 fully saturated rings. The SMILES string of the molecule is Cc1cc(C)c(-c2ccccc2[N]=[Mo+2]=[CH]C(C)(C)c2ccccc2)c(C)c1.c1cc[n-]c1.c1cc[n-]c1.c1ccc(-c2ccccn2)nc1. The van der Waals surface area contributed by atoms with E-state index < -0.39 is 17.9 Å². The van der Waals surface area contributed by atoms with Crippen molar-refractivity contribution in [2.75, 3.05) is 0 Å². The molecule has 7 rings (SSSR count). The summed E-state index contributed by atoms with van der Waals surface area (Å²) >= 11 is -0.605. The van der Waals surface area contributed by atoms with Crippen molar-refractivity contribution in [3.63, 3.8) is 0 Å². The summed E-state index contributed by atoms with van der Waals surface area (Å²) in [6.07, 6.45) is 10.5. The van der Waals surface area contributed by atoms with Crippen LogP contribution in [0.25, 0.3) is 22.5 Å². The minimum atomic E-state index is -0.605. The fourth-order valence-corrected chi connectivity index (χ4v) is 6.83. The third-order valence-corrected chi connectivity index (χ3v) is 9.82. The van der Waals surface area contributed by atoms with E-state index in [0.717, 1.165) is 17.1 Å². The fourth-order valence-electron chi connectivity index (χ4n) is 5.05. The summed E-state index contributed by atoms with van der Waals surface area (Å²) in [6, 6.07) is 43.0. The molecule has 4 heterocycles. The first-order chi connectivity index (χ1) is 23.8. The Morgan fingerprint density at radius 1 is 0.592 bits per heavy atom. The molecule has 0 radical (unpaired) electrons. The van der Waals surface area contributed by atoms with Gasteiger partial charge in [0, 0.05) is 12.4 Å². The van der Waals surface area contributed by atoms with Gasteiger partial charge in [0.2, 0.25) is 0 Å². The molecule has 0 unspecified atom stereocenters.